The Morgan fingerprint density at radius 3 is 2.55 bits per heavy atom. The minimum atomic E-state index is -3.55. The molecule has 1 atom stereocenters. The molecule has 3 heterocycles. The summed E-state index contributed by atoms with van der Waals surface area (Å²) in [6.45, 7) is 7.14. The third-order valence-electron chi connectivity index (χ3n) is 7.13. The van der Waals surface area contributed by atoms with Crippen LogP contribution < -0.4 is 10.2 Å². The molecule has 0 saturated carbocycles. The molecule has 2 aliphatic heterocycles. The van der Waals surface area contributed by atoms with E-state index in [9.17, 15) is 22.0 Å². The van der Waals surface area contributed by atoms with Gasteiger partial charge in [-0.15, -0.1) is 0 Å². The van der Waals surface area contributed by atoms with Crippen LogP contribution in [-0.2, 0) is 10.0 Å². The van der Waals surface area contributed by atoms with E-state index in [1.165, 1.54) is 33.8 Å². The van der Waals surface area contributed by atoms with Crippen molar-refractivity contribution in [2.75, 3.05) is 57.3 Å². The van der Waals surface area contributed by atoms with E-state index in [1.54, 1.807) is 12.1 Å². The van der Waals surface area contributed by atoms with Gasteiger partial charge in [0, 0.05) is 64.0 Å². The van der Waals surface area contributed by atoms with Gasteiger partial charge in [0.1, 0.15) is 11.3 Å². The Balaban J connectivity index is 1.09. The molecule has 0 bridgehead atoms. The molecular weight excluding hydrogens is 532 g/mol. The molecular formula is C26H31F2N5O3S2. The Hall–Kier alpha value is -2.67. The molecule has 0 aliphatic carbocycles. The summed E-state index contributed by atoms with van der Waals surface area (Å²) < 4.78 is 55.4. The molecule has 3 aromatic rings. The fourth-order valence-electron chi connectivity index (χ4n) is 4.97. The molecule has 12 heteroatoms. The van der Waals surface area contributed by atoms with Gasteiger partial charge < -0.3 is 10.2 Å². The molecule has 2 fully saturated rings. The van der Waals surface area contributed by atoms with Crippen LogP contribution in [0.25, 0.3) is 10.2 Å². The van der Waals surface area contributed by atoms with Gasteiger partial charge in [-0.3, -0.25) is 9.69 Å². The number of amides is 1. The number of carbonyl (C=O) groups excluding carboxylic acids is 1. The number of carbonyl (C=O) groups is 1. The highest BCUT2D eigenvalue weighted by molar-refractivity contribution is 7.89. The average Bonchev–Trinajstić information content (AvgIpc) is 3.33. The van der Waals surface area contributed by atoms with E-state index in [4.69, 9.17) is 0 Å². The van der Waals surface area contributed by atoms with E-state index in [0.29, 0.717) is 60.6 Å². The van der Waals surface area contributed by atoms with Crippen LogP contribution >= 0.6 is 11.3 Å². The molecule has 2 aliphatic rings. The summed E-state index contributed by atoms with van der Waals surface area (Å²) in [5, 5.41) is 3.58. The number of rotatable bonds is 7. The standard InChI is InChI=1S/C26H31F2N5O3S2/c1-18-3-2-9-33(17-18)38(35,36)21-6-4-19(5-7-21)25(34)29-8-10-31-11-13-32(14-12-31)26-30-24-22(28)15-20(27)16-23(24)37-26/h4-7,15-16,18H,2-3,8-14,17H2,1H3,(H,29,34). The van der Waals surface area contributed by atoms with Crippen LogP contribution in [0.2, 0.25) is 0 Å². The number of sulfonamides is 1. The van der Waals surface area contributed by atoms with Crippen LogP contribution in [0.5, 0.6) is 0 Å². The summed E-state index contributed by atoms with van der Waals surface area (Å²) in [4.78, 5) is 21.5. The number of piperazine rings is 1. The van der Waals surface area contributed by atoms with Gasteiger partial charge in [0.2, 0.25) is 10.0 Å². The molecule has 38 heavy (non-hydrogen) atoms. The van der Waals surface area contributed by atoms with Crippen LogP contribution in [0.3, 0.4) is 0 Å². The molecule has 1 aromatic heterocycles. The highest BCUT2D eigenvalue weighted by Gasteiger charge is 2.28. The predicted octanol–water partition coefficient (Wildman–Crippen LogP) is 3.55. The largest absolute Gasteiger partial charge is 0.351 e. The quantitative estimate of drug-likeness (QED) is 0.473. The molecule has 1 amide bonds. The summed E-state index contributed by atoms with van der Waals surface area (Å²) in [6.07, 6.45) is 1.90. The summed E-state index contributed by atoms with van der Waals surface area (Å²) >= 11 is 1.28. The van der Waals surface area contributed by atoms with Gasteiger partial charge in [-0.05, 0) is 49.1 Å². The minimum Gasteiger partial charge on any atom is -0.351 e. The molecule has 2 saturated heterocycles. The second kappa shape index (κ2) is 11.2. The zero-order valence-corrected chi connectivity index (χ0v) is 22.8. The van der Waals surface area contributed by atoms with Gasteiger partial charge in [0.05, 0.1) is 9.60 Å². The molecule has 1 N–H and O–H groups in total. The van der Waals surface area contributed by atoms with Gasteiger partial charge in [0.15, 0.2) is 10.9 Å². The second-order valence-electron chi connectivity index (χ2n) is 9.95. The number of nitrogens with one attached hydrogen (secondary N) is 1. The number of benzene rings is 2. The zero-order chi connectivity index (χ0) is 26.9. The maximum atomic E-state index is 14.0. The lowest BCUT2D eigenvalue weighted by Crippen LogP contribution is -2.48. The average molecular weight is 564 g/mol. The van der Waals surface area contributed by atoms with Crippen LogP contribution in [0.4, 0.5) is 13.9 Å². The third-order valence-corrected chi connectivity index (χ3v) is 10.1. The highest BCUT2D eigenvalue weighted by Crippen LogP contribution is 2.31. The van der Waals surface area contributed by atoms with Crippen molar-refractivity contribution in [3.8, 4) is 0 Å². The maximum absolute atomic E-state index is 14.0. The maximum Gasteiger partial charge on any atom is 0.251 e. The van der Waals surface area contributed by atoms with Crippen molar-refractivity contribution in [1.82, 2.24) is 19.5 Å². The third kappa shape index (κ3) is 5.83. The van der Waals surface area contributed by atoms with Gasteiger partial charge in [-0.2, -0.15) is 4.31 Å². The molecule has 1 unspecified atom stereocenters. The lowest BCUT2D eigenvalue weighted by molar-refractivity contribution is 0.0947. The lowest BCUT2D eigenvalue weighted by atomic mass is 10.0. The Morgan fingerprint density at radius 2 is 1.84 bits per heavy atom. The number of anilines is 1. The molecule has 0 spiro atoms. The van der Waals surface area contributed by atoms with Crippen molar-refractivity contribution in [1.29, 1.82) is 0 Å². The van der Waals surface area contributed by atoms with E-state index >= 15 is 0 Å². The van der Waals surface area contributed by atoms with Gasteiger partial charge in [-0.25, -0.2) is 22.2 Å². The fourth-order valence-corrected chi connectivity index (χ4v) is 7.62. The van der Waals surface area contributed by atoms with Crippen LogP contribution in [-0.4, -0.2) is 80.9 Å². The number of nitrogens with zero attached hydrogens (tertiary/aromatic N) is 4. The molecule has 0 radical (unpaired) electrons. The van der Waals surface area contributed by atoms with E-state index in [1.807, 2.05) is 0 Å². The topological polar surface area (TPSA) is 85.8 Å². The Morgan fingerprint density at radius 1 is 1.11 bits per heavy atom. The zero-order valence-electron chi connectivity index (χ0n) is 21.2. The number of aromatic nitrogens is 1. The normalized spacial score (nSPS) is 19.7. The first kappa shape index (κ1) is 26.9. The van der Waals surface area contributed by atoms with Crippen LogP contribution in [0, 0.1) is 17.6 Å². The summed E-state index contributed by atoms with van der Waals surface area (Å²) in [5.41, 5.74) is 0.614. The van der Waals surface area contributed by atoms with Crippen molar-refractivity contribution in [2.45, 2.75) is 24.7 Å². The van der Waals surface area contributed by atoms with Crippen molar-refractivity contribution < 1.29 is 22.0 Å². The number of thiazole rings is 1. The van der Waals surface area contributed by atoms with Crippen molar-refractivity contribution in [3.05, 3.63) is 53.6 Å². The lowest BCUT2D eigenvalue weighted by Gasteiger charge is -2.34. The van der Waals surface area contributed by atoms with Crippen molar-refractivity contribution in [3.63, 3.8) is 0 Å². The highest BCUT2D eigenvalue weighted by atomic mass is 32.2. The first-order valence-corrected chi connectivity index (χ1v) is 15.1. The first-order valence-electron chi connectivity index (χ1n) is 12.8. The van der Waals surface area contributed by atoms with Crippen molar-refractivity contribution >= 4 is 42.6 Å². The van der Waals surface area contributed by atoms with E-state index < -0.39 is 21.7 Å². The molecule has 204 valence electrons. The van der Waals surface area contributed by atoms with Crippen molar-refractivity contribution in [2.24, 2.45) is 5.92 Å². The summed E-state index contributed by atoms with van der Waals surface area (Å²) in [6, 6.07) is 8.28. The predicted molar refractivity (Wildman–Crippen MR) is 144 cm³/mol. The molecule has 5 rings (SSSR count). The fraction of sp³-hybridized carbons (Fsp3) is 0.462. The number of piperidine rings is 1. The van der Waals surface area contributed by atoms with Gasteiger partial charge in [0.25, 0.3) is 5.91 Å². The monoisotopic (exact) mass is 563 g/mol. The smallest absolute Gasteiger partial charge is 0.251 e. The number of fused-ring (bicyclic) bond motifs is 1. The van der Waals surface area contributed by atoms with E-state index in [-0.39, 0.29) is 16.3 Å². The summed E-state index contributed by atoms with van der Waals surface area (Å²) in [7, 11) is -3.55. The SMILES string of the molecule is CC1CCCN(S(=O)(=O)c2ccc(C(=O)NCCN3CCN(c4nc5c(F)cc(F)cc5s4)CC3)cc2)C1. The number of hydrogen-bond acceptors (Lipinski definition) is 7. The Bertz CT molecular complexity index is 1410. The minimum absolute atomic E-state index is 0.197. The van der Waals surface area contributed by atoms with Crippen LogP contribution in [0.1, 0.15) is 30.1 Å². The van der Waals surface area contributed by atoms with E-state index in [0.717, 1.165) is 32.0 Å². The second-order valence-corrected chi connectivity index (χ2v) is 12.9. The first-order chi connectivity index (χ1) is 18.2. The molecule has 2 aromatic carbocycles. The number of hydrogen-bond donors (Lipinski definition) is 1. The van der Waals surface area contributed by atoms with Gasteiger partial charge >= 0.3 is 0 Å². The van der Waals surface area contributed by atoms with E-state index in [2.05, 4.69) is 27.0 Å². The van der Waals surface area contributed by atoms with Crippen LogP contribution in [0.15, 0.2) is 41.3 Å². The summed E-state index contributed by atoms with van der Waals surface area (Å²) in [5.74, 6) is -1.16. The Labute approximate surface area is 225 Å². The Kier molecular flexibility index (Phi) is 7.94. The number of halogens is 2. The molecule has 8 nitrogen and oxygen atoms in total. The van der Waals surface area contributed by atoms with Gasteiger partial charge in [-0.1, -0.05) is 18.3 Å².